The number of amides is 2. The van der Waals surface area contributed by atoms with Gasteiger partial charge in [-0.3, -0.25) is 9.48 Å². The summed E-state index contributed by atoms with van der Waals surface area (Å²) in [7, 11) is 0. The molecule has 57 heavy (non-hydrogen) atoms. The quantitative estimate of drug-likeness (QED) is 0.0673. The SMILES string of the molecule is CC[C@H]1O[C@@H](OCCCCCCn2cc(COCCOCCOCCOCCCC(=O)CCCC[C@@H]3SC[C@@H]4NC(=O)N[C@@H]43)nn2)[C@H](C)C1OCc1ccccc1. The van der Waals surface area contributed by atoms with E-state index in [4.69, 9.17) is 33.2 Å². The number of rotatable bonds is 32. The third-order valence-electron chi connectivity index (χ3n) is 10.7. The number of nitrogens with zero attached hydrogens (tertiary/aromatic N) is 3. The summed E-state index contributed by atoms with van der Waals surface area (Å²) in [6, 6.07) is 10.7. The van der Waals surface area contributed by atoms with E-state index in [1.807, 2.05) is 40.8 Å². The van der Waals surface area contributed by atoms with Crippen LogP contribution in [0, 0.1) is 5.92 Å². The van der Waals surface area contributed by atoms with Crippen LogP contribution < -0.4 is 10.6 Å². The van der Waals surface area contributed by atoms with Crippen LogP contribution in [0.25, 0.3) is 0 Å². The average molecular weight is 818 g/mol. The highest BCUT2D eigenvalue weighted by molar-refractivity contribution is 8.00. The second-order valence-electron chi connectivity index (χ2n) is 15.2. The van der Waals surface area contributed by atoms with Gasteiger partial charge in [0.15, 0.2) is 6.29 Å². The van der Waals surface area contributed by atoms with Crippen molar-refractivity contribution >= 4 is 23.6 Å². The zero-order valence-electron chi connectivity index (χ0n) is 34.2. The van der Waals surface area contributed by atoms with Gasteiger partial charge < -0.3 is 43.8 Å². The number of nitrogens with one attached hydrogen (secondary N) is 2. The number of hydrogen-bond donors (Lipinski definition) is 2. The smallest absolute Gasteiger partial charge is 0.315 e. The molecule has 320 valence electrons. The maximum atomic E-state index is 12.2. The van der Waals surface area contributed by atoms with Crippen LogP contribution in [0.15, 0.2) is 36.5 Å². The Balaban J connectivity index is 0.749. The molecule has 15 heteroatoms. The number of Topliss-reactive ketones (excluding diaryl/α,β-unsaturated/α-hetero) is 1. The fraction of sp³-hybridized carbons (Fsp3) is 0.762. The fourth-order valence-corrected chi connectivity index (χ4v) is 9.04. The maximum Gasteiger partial charge on any atom is 0.315 e. The fourth-order valence-electron chi connectivity index (χ4n) is 7.50. The van der Waals surface area contributed by atoms with E-state index in [0.717, 1.165) is 75.8 Å². The number of aryl methyl sites for hydroxylation is 1. The predicted octanol–water partition coefficient (Wildman–Crippen LogP) is 5.85. The predicted molar refractivity (Wildman–Crippen MR) is 218 cm³/mol. The van der Waals surface area contributed by atoms with Crippen molar-refractivity contribution < 1.29 is 42.7 Å². The molecule has 0 saturated carbocycles. The third-order valence-corrected chi connectivity index (χ3v) is 12.2. The molecule has 5 rings (SSSR count). The minimum absolute atomic E-state index is 0.0393. The molecule has 1 unspecified atom stereocenters. The van der Waals surface area contributed by atoms with Gasteiger partial charge in [0.05, 0.1) is 83.3 Å². The van der Waals surface area contributed by atoms with Gasteiger partial charge in [-0.2, -0.15) is 11.8 Å². The minimum Gasteiger partial charge on any atom is -0.379 e. The van der Waals surface area contributed by atoms with Gasteiger partial charge in [-0.15, -0.1) is 5.10 Å². The van der Waals surface area contributed by atoms with Gasteiger partial charge in [0.25, 0.3) is 0 Å². The van der Waals surface area contributed by atoms with Crippen LogP contribution in [-0.2, 0) is 57.7 Å². The lowest BCUT2D eigenvalue weighted by atomic mass is 10.0. The largest absolute Gasteiger partial charge is 0.379 e. The molecule has 2 N–H and O–H groups in total. The Kier molecular flexibility index (Phi) is 21.1. The van der Waals surface area contributed by atoms with Gasteiger partial charge in [-0.05, 0) is 44.1 Å². The van der Waals surface area contributed by atoms with Crippen LogP contribution in [0.1, 0.15) is 95.7 Å². The summed E-state index contributed by atoms with van der Waals surface area (Å²) in [6.07, 6.45) is 11.8. The second kappa shape index (κ2) is 26.5. The molecule has 0 radical (unpaired) electrons. The zero-order valence-corrected chi connectivity index (χ0v) is 35.0. The number of thioether (sulfide) groups is 1. The summed E-state index contributed by atoms with van der Waals surface area (Å²) < 4.78 is 43.0. The van der Waals surface area contributed by atoms with Gasteiger partial charge in [-0.25, -0.2) is 4.79 Å². The van der Waals surface area contributed by atoms with E-state index in [9.17, 15) is 9.59 Å². The van der Waals surface area contributed by atoms with Crippen molar-refractivity contribution in [1.29, 1.82) is 0 Å². The first-order chi connectivity index (χ1) is 28.0. The minimum atomic E-state index is -0.217. The van der Waals surface area contributed by atoms with E-state index >= 15 is 0 Å². The van der Waals surface area contributed by atoms with Gasteiger partial charge in [-0.1, -0.05) is 68.7 Å². The van der Waals surface area contributed by atoms with Crippen molar-refractivity contribution in [2.24, 2.45) is 5.92 Å². The van der Waals surface area contributed by atoms with Crippen LogP contribution in [0.5, 0.6) is 0 Å². The lowest BCUT2D eigenvalue weighted by molar-refractivity contribution is -0.148. The Labute approximate surface area is 343 Å². The second-order valence-corrected chi connectivity index (χ2v) is 16.5. The number of carbonyl (C=O) groups excluding carboxylic acids is 2. The highest BCUT2D eigenvalue weighted by Gasteiger charge is 2.43. The van der Waals surface area contributed by atoms with E-state index in [-0.39, 0.29) is 42.5 Å². The van der Waals surface area contributed by atoms with Crippen LogP contribution in [0.2, 0.25) is 0 Å². The Morgan fingerprint density at radius 2 is 1.58 bits per heavy atom. The van der Waals surface area contributed by atoms with Crippen molar-refractivity contribution in [3.8, 4) is 0 Å². The number of urea groups is 1. The Morgan fingerprint density at radius 3 is 2.37 bits per heavy atom. The topological polar surface area (TPSA) is 154 Å². The first-order valence-corrected chi connectivity index (χ1v) is 22.4. The summed E-state index contributed by atoms with van der Waals surface area (Å²) in [4.78, 5) is 23.7. The van der Waals surface area contributed by atoms with Crippen molar-refractivity contribution in [2.75, 3.05) is 58.6 Å². The van der Waals surface area contributed by atoms with Crippen LogP contribution in [0.3, 0.4) is 0 Å². The number of carbonyl (C=O) groups is 2. The van der Waals surface area contributed by atoms with Crippen LogP contribution >= 0.6 is 11.8 Å². The number of aromatic nitrogens is 3. The van der Waals surface area contributed by atoms with Gasteiger partial charge >= 0.3 is 6.03 Å². The molecule has 2 amide bonds. The molecule has 3 saturated heterocycles. The molecule has 1 aromatic carbocycles. The van der Waals surface area contributed by atoms with Gasteiger partial charge in [0.2, 0.25) is 0 Å². The van der Waals surface area contributed by atoms with Crippen LogP contribution in [-0.4, -0.2) is 121 Å². The normalized spacial score (nSPS) is 24.2. The summed E-state index contributed by atoms with van der Waals surface area (Å²) in [6.45, 7) is 10.3. The van der Waals surface area contributed by atoms with Crippen LogP contribution in [0.4, 0.5) is 4.79 Å². The van der Waals surface area contributed by atoms with Crippen molar-refractivity contribution in [3.05, 3.63) is 47.8 Å². The van der Waals surface area contributed by atoms with E-state index in [2.05, 4.69) is 46.9 Å². The summed E-state index contributed by atoms with van der Waals surface area (Å²) >= 11 is 1.92. The summed E-state index contributed by atoms with van der Waals surface area (Å²) in [5.41, 5.74) is 1.99. The molecule has 4 heterocycles. The maximum absolute atomic E-state index is 12.2. The zero-order chi connectivity index (χ0) is 39.9. The lowest BCUT2D eigenvalue weighted by Crippen LogP contribution is -2.36. The molecule has 3 fully saturated rings. The molecule has 0 bridgehead atoms. The number of unbranched alkanes of at least 4 members (excludes halogenated alkanes) is 4. The Hall–Kier alpha value is -2.63. The van der Waals surface area contributed by atoms with E-state index in [1.54, 1.807) is 0 Å². The molecule has 3 aliphatic rings. The highest BCUT2D eigenvalue weighted by atomic mass is 32.2. The summed E-state index contributed by atoms with van der Waals surface area (Å²) in [5, 5.41) is 14.9. The molecule has 0 spiro atoms. The molecule has 1 aromatic heterocycles. The van der Waals surface area contributed by atoms with Gasteiger partial charge in [0.1, 0.15) is 11.5 Å². The van der Waals surface area contributed by atoms with Gasteiger partial charge in [0, 0.05) is 49.5 Å². The highest BCUT2D eigenvalue weighted by Crippen LogP contribution is 2.34. The monoisotopic (exact) mass is 817 g/mol. The Bertz CT molecular complexity index is 1410. The van der Waals surface area contributed by atoms with Crippen molar-refractivity contribution in [3.63, 3.8) is 0 Å². The third kappa shape index (κ3) is 16.5. The van der Waals surface area contributed by atoms with E-state index in [1.165, 1.54) is 5.56 Å². The molecule has 14 nitrogen and oxygen atoms in total. The number of ether oxygens (including phenoxy) is 7. The van der Waals surface area contributed by atoms with E-state index < -0.39 is 0 Å². The lowest BCUT2D eigenvalue weighted by Gasteiger charge is -2.21. The number of hydrogen-bond acceptors (Lipinski definition) is 12. The molecular formula is C42H67N5O9S. The Morgan fingerprint density at radius 1 is 0.842 bits per heavy atom. The van der Waals surface area contributed by atoms with Crippen molar-refractivity contribution in [1.82, 2.24) is 25.6 Å². The average Bonchev–Trinajstić information content (AvgIpc) is 4.00. The molecule has 3 aliphatic heterocycles. The number of fused-ring (bicyclic) bond motifs is 1. The molecule has 7 atom stereocenters. The van der Waals surface area contributed by atoms with Crippen molar-refractivity contribution in [2.45, 2.75) is 140 Å². The molecular weight excluding hydrogens is 751 g/mol. The summed E-state index contributed by atoms with van der Waals surface area (Å²) in [5.74, 6) is 1.46. The molecule has 0 aliphatic carbocycles. The molecule has 2 aromatic rings. The first-order valence-electron chi connectivity index (χ1n) is 21.3. The first kappa shape index (κ1) is 45.5. The standard InChI is InChI=1S/C42H67N5O9S/c1-3-37-40(55-29-33-14-7-6-8-15-33)32(2)41(56-37)54-21-12-5-4-11-19-47-28-34(45-46-47)30-53-27-26-52-25-24-51-23-22-50-20-13-17-35(48)16-9-10-18-38-39-36(31-57-38)43-42(49)44-39/h6-8,14-15,28,32,36-41H,3-5,9-13,16-27,29-31H2,1-2H3,(H2,43,44,49)/t32-,36+,37-,38+,39+,40?,41-/m1/s1. The number of benzene rings is 1. The van der Waals surface area contributed by atoms with E-state index in [0.29, 0.717) is 89.9 Å². The number of ketones is 1.